The van der Waals surface area contributed by atoms with Crippen LogP contribution in [0.4, 0.5) is 0 Å². The molecule has 52 valence electrons. The molecule has 0 fully saturated rings. The monoisotopic (exact) mass is 286 g/mol. The van der Waals surface area contributed by atoms with Gasteiger partial charge in [-0.2, -0.15) is 0 Å². The second-order valence-electron chi connectivity index (χ2n) is 1.77. The summed E-state index contributed by atoms with van der Waals surface area (Å²) in [5.41, 5.74) is 0.253. The van der Waals surface area contributed by atoms with E-state index < -0.39 is 5.97 Å². The van der Waals surface area contributed by atoms with Crippen molar-refractivity contribution in [2.24, 2.45) is 0 Å². The number of aromatic carboxylic acids is 1. The first-order valence-electron chi connectivity index (χ1n) is 2.67. The molecule has 4 heteroatoms. The van der Waals surface area contributed by atoms with Crippen molar-refractivity contribution in [3.63, 3.8) is 0 Å². The van der Waals surface area contributed by atoms with Gasteiger partial charge in [0.25, 0.3) is 0 Å². The van der Waals surface area contributed by atoms with Gasteiger partial charge in [0.2, 0.25) is 0 Å². The van der Waals surface area contributed by atoms with Crippen LogP contribution in [0.25, 0.3) is 0 Å². The summed E-state index contributed by atoms with van der Waals surface area (Å²) in [6.45, 7) is 0. The van der Waals surface area contributed by atoms with Crippen molar-refractivity contribution in [1.82, 2.24) is 0 Å². The molecule has 0 saturated carbocycles. The quantitative estimate of drug-likeness (QED) is 0.429. The van der Waals surface area contributed by atoms with Crippen LogP contribution in [0.3, 0.4) is 0 Å². The first-order chi connectivity index (χ1) is 4.72. The van der Waals surface area contributed by atoms with E-state index in [0.717, 1.165) is 0 Å². The van der Waals surface area contributed by atoms with Crippen molar-refractivity contribution in [3.8, 4) is 0 Å². The molecule has 0 amide bonds. The van der Waals surface area contributed by atoms with Crippen molar-refractivity contribution in [1.29, 1.82) is 0 Å². The summed E-state index contributed by atoms with van der Waals surface area (Å²) in [7, 11) is 0. The smallest absolute Gasteiger partial charge is 0.545 e. The first kappa shape index (κ1) is 12.1. The molecule has 0 bridgehead atoms. The van der Waals surface area contributed by atoms with Crippen molar-refractivity contribution in [2.75, 3.05) is 0 Å². The van der Waals surface area contributed by atoms with Crippen LogP contribution in [0.15, 0.2) is 24.3 Å². The van der Waals surface area contributed by atoms with Crippen LogP contribution in [-0.4, -0.2) is 5.97 Å². The number of carbonyl (C=O) groups is 1. The Bertz CT molecular complexity index is 262. The molecule has 1 aromatic carbocycles. The van der Waals surface area contributed by atoms with Crippen molar-refractivity contribution in [3.05, 3.63) is 33.4 Å². The van der Waals surface area contributed by atoms with Crippen LogP contribution in [-0.2, 0) is 0 Å². The molecular weight excluding hydrogens is 282 g/mol. The molecule has 0 spiro atoms. The molecular formula is C7H4IKO2. The largest absolute Gasteiger partial charge is 1.00 e. The van der Waals surface area contributed by atoms with Crippen LogP contribution in [0.1, 0.15) is 10.4 Å². The molecule has 0 heterocycles. The third kappa shape index (κ3) is 3.52. The van der Waals surface area contributed by atoms with Gasteiger partial charge in [-0.3, -0.25) is 0 Å². The van der Waals surface area contributed by atoms with Gasteiger partial charge in [-0.15, -0.1) is 0 Å². The molecule has 1 aromatic rings. The van der Waals surface area contributed by atoms with Crippen LogP contribution in [0.5, 0.6) is 0 Å². The summed E-state index contributed by atoms with van der Waals surface area (Å²) < 4.78 is 0.708. The van der Waals surface area contributed by atoms with Gasteiger partial charge in [0.15, 0.2) is 0 Å². The van der Waals surface area contributed by atoms with E-state index in [4.69, 9.17) is 0 Å². The van der Waals surface area contributed by atoms with E-state index in [1.165, 1.54) is 6.07 Å². The summed E-state index contributed by atoms with van der Waals surface area (Å²) in [6, 6.07) is 6.71. The molecule has 11 heavy (non-hydrogen) atoms. The Kier molecular flexibility index (Phi) is 6.20. The molecule has 0 aliphatic carbocycles. The molecule has 1 rings (SSSR count). The fraction of sp³-hybridized carbons (Fsp3) is 0. The minimum atomic E-state index is -1.12. The Morgan fingerprint density at radius 1 is 1.36 bits per heavy atom. The second kappa shape index (κ2) is 5.66. The third-order valence-electron chi connectivity index (χ3n) is 1.09. The van der Waals surface area contributed by atoms with Gasteiger partial charge >= 0.3 is 51.4 Å². The minimum absolute atomic E-state index is 0. The summed E-state index contributed by atoms with van der Waals surface area (Å²) in [5.74, 6) is -1.12. The number of hydrogen-bond acceptors (Lipinski definition) is 2. The third-order valence-corrected chi connectivity index (χ3v) is 2.03. The second-order valence-corrected chi connectivity index (χ2v) is 2.93. The number of hydrogen-bond donors (Lipinski definition) is 0. The summed E-state index contributed by atoms with van der Waals surface area (Å²) in [5, 5.41) is 10.3. The van der Waals surface area contributed by atoms with Crippen LogP contribution in [0.2, 0.25) is 0 Å². The SMILES string of the molecule is O=C([O-])c1ccccc1I.[K+]. The summed E-state index contributed by atoms with van der Waals surface area (Å²) in [4.78, 5) is 10.3. The van der Waals surface area contributed by atoms with E-state index in [1.807, 2.05) is 22.6 Å². The molecule has 0 aromatic heterocycles. The first-order valence-corrected chi connectivity index (χ1v) is 3.75. The molecule has 0 aliphatic rings. The van der Waals surface area contributed by atoms with E-state index in [-0.39, 0.29) is 56.9 Å². The molecule has 0 saturated heterocycles. The van der Waals surface area contributed by atoms with Gasteiger partial charge in [0.1, 0.15) is 0 Å². The number of halogens is 1. The molecule has 0 aliphatic heterocycles. The zero-order chi connectivity index (χ0) is 7.56. The Labute approximate surface area is 121 Å². The fourth-order valence-corrected chi connectivity index (χ4v) is 1.23. The fourth-order valence-electron chi connectivity index (χ4n) is 0.627. The van der Waals surface area contributed by atoms with E-state index in [1.54, 1.807) is 18.2 Å². The number of rotatable bonds is 1. The predicted octanol–water partition coefficient (Wildman–Crippen LogP) is -2.34. The average Bonchev–Trinajstić information content (AvgIpc) is 1.88. The standard InChI is InChI=1S/C7H5IO2.K/c8-6-4-2-1-3-5(6)7(9)10;/h1-4H,(H,9,10);/q;+1/p-1. The Hall–Kier alpha value is 1.06. The molecule has 0 atom stereocenters. The Morgan fingerprint density at radius 3 is 2.27 bits per heavy atom. The zero-order valence-electron chi connectivity index (χ0n) is 6.00. The van der Waals surface area contributed by atoms with Gasteiger partial charge in [-0.25, -0.2) is 0 Å². The maximum atomic E-state index is 10.3. The zero-order valence-corrected chi connectivity index (χ0v) is 11.3. The van der Waals surface area contributed by atoms with Crippen LogP contribution >= 0.6 is 22.6 Å². The molecule has 2 nitrogen and oxygen atoms in total. The number of carboxylic acids is 1. The van der Waals surface area contributed by atoms with Gasteiger partial charge in [0, 0.05) is 9.13 Å². The molecule has 0 radical (unpaired) electrons. The van der Waals surface area contributed by atoms with Gasteiger partial charge in [-0.05, 0) is 28.7 Å². The van der Waals surface area contributed by atoms with Gasteiger partial charge in [-0.1, -0.05) is 18.2 Å². The van der Waals surface area contributed by atoms with Crippen molar-refractivity contribution in [2.45, 2.75) is 0 Å². The maximum absolute atomic E-state index is 10.3. The minimum Gasteiger partial charge on any atom is -0.545 e. The van der Waals surface area contributed by atoms with E-state index in [0.29, 0.717) is 3.57 Å². The number of carbonyl (C=O) groups excluding carboxylic acids is 1. The van der Waals surface area contributed by atoms with Gasteiger partial charge < -0.3 is 9.90 Å². The summed E-state index contributed by atoms with van der Waals surface area (Å²) >= 11 is 1.95. The van der Waals surface area contributed by atoms with Crippen molar-refractivity contribution < 1.29 is 61.3 Å². The number of carboxylic acid groups (broad SMARTS) is 1. The molecule has 0 unspecified atom stereocenters. The topological polar surface area (TPSA) is 40.1 Å². The van der Waals surface area contributed by atoms with E-state index in [2.05, 4.69) is 0 Å². The predicted molar refractivity (Wildman–Crippen MR) is 43.5 cm³/mol. The summed E-state index contributed by atoms with van der Waals surface area (Å²) in [6.07, 6.45) is 0. The van der Waals surface area contributed by atoms with Crippen LogP contribution < -0.4 is 56.5 Å². The Balaban J connectivity index is 0.000001000. The van der Waals surface area contributed by atoms with Crippen LogP contribution in [0, 0.1) is 3.57 Å². The molecule has 0 N–H and O–H groups in total. The van der Waals surface area contributed by atoms with E-state index in [9.17, 15) is 9.90 Å². The maximum Gasteiger partial charge on any atom is 1.00 e. The number of benzene rings is 1. The normalized spacial score (nSPS) is 8.45. The average molecular weight is 286 g/mol. The van der Waals surface area contributed by atoms with Gasteiger partial charge in [0.05, 0.1) is 5.97 Å². The van der Waals surface area contributed by atoms with E-state index >= 15 is 0 Å². The van der Waals surface area contributed by atoms with Crippen molar-refractivity contribution >= 4 is 28.6 Å². The Morgan fingerprint density at radius 2 is 1.91 bits per heavy atom.